The van der Waals surface area contributed by atoms with Crippen molar-refractivity contribution in [2.24, 2.45) is 0 Å². The molecule has 5 heteroatoms. The van der Waals surface area contributed by atoms with Crippen LogP contribution in [0.2, 0.25) is 0 Å². The fourth-order valence-corrected chi connectivity index (χ4v) is 1.44. The smallest absolute Gasteiger partial charge is 0.325 e. The Hall–Kier alpha value is -2.14. The number of aliphatic hydroxyl groups excluding tert-OH is 1. The van der Waals surface area contributed by atoms with Crippen LogP contribution in [0.4, 0.5) is 0 Å². The summed E-state index contributed by atoms with van der Waals surface area (Å²) in [5, 5.41) is 9.92. The maximum Gasteiger partial charge on any atom is 0.325 e. The Labute approximate surface area is 90.4 Å². The van der Waals surface area contributed by atoms with E-state index in [-0.39, 0.29) is 5.56 Å². The molecule has 1 aromatic carbocycles. The summed E-state index contributed by atoms with van der Waals surface area (Å²) < 4.78 is 0. The van der Waals surface area contributed by atoms with E-state index in [0.717, 1.165) is 0 Å². The average molecular weight is 218 g/mol. The molecule has 1 heterocycles. The molecule has 0 aliphatic carbocycles. The van der Waals surface area contributed by atoms with E-state index < -0.39 is 17.4 Å². The van der Waals surface area contributed by atoms with Crippen molar-refractivity contribution in [3.63, 3.8) is 0 Å². The van der Waals surface area contributed by atoms with Crippen LogP contribution in [-0.2, 0) is 0 Å². The summed E-state index contributed by atoms with van der Waals surface area (Å²) in [6.45, 7) is 0. The quantitative estimate of drug-likeness (QED) is 0.670. The van der Waals surface area contributed by atoms with Crippen LogP contribution < -0.4 is 11.2 Å². The van der Waals surface area contributed by atoms with Crippen LogP contribution in [-0.4, -0.2) is 15.1 Å². The van der Waals surface area contributed by atoms with Gasteiger partial charge in [0.25, 0.3) is 5.56 Å². The van der Waals surface area contributed by atoms with Crippen molar-refractivity contribution in [2.45, 2.75) is 6.10 Å². The monoisotopic (exact) mass is 218 g/mol. The minimum atomic E-state index is -1.04. The standard InChI is InChI=1S/C11H10N2O3/c14-9(7-4-2-1-3-5-7)8-6-12-11(16)13-10(8)15/h1-6,9,14H,(H2,12,13,15,16). The predicted octanol–water partition coefficient (Wildman–Crippen LogP) is 0.145. The van der Waals surface area contributed by atoms with Gasteiger partial charge in [0.05, 0.1) is 5.56 Å². The van der Waals surface area contributed by atoms with Crippen molar-refractivity contribution in [3.05, 3.63) is 68.5 Å². The van der Waals surface area contributed by atoms with Crippen LogP contribution in [0.1, 0.15) is 17.2 Å². The van der Waals surface area contributed by atoms with Crippen LogP contribution in [0.5, 0.6) is 0 Å². The van der Waals surface area contributed by atoms with Gasteiger partial charge < -0.3 is 10.1 Å². The highest BCUT2D eigenvalue weighted by Gasteiger charge is 2.13. The van der Waals surface area contributed by atoms with E-state index in [1.165, 1.54) is 6.20 Å². The van der Waals surface area contributed by atoms with E-state index in [9.17, 15) is 14.7 Å². The van der Waals surface area contributed by atoms with E-state index in [4.69, 9.17) is 0 Å². The summed E-state index contributed by atoms with van der Waals surface area (Å²) in [6, 6.07) is 8.74. The molecule has 1 atom stereocenters. The topological polar surface area (TPSA) is 85.9 Å². The molecule has 0 aliphatic rings. The van der Waals surface area contributed by atoms with Crippen molar-refractivity contribution < 1.29 is 5.11 Å². The zero-order valence-corrected chi connectivity index (χ0v) is 8.31. The lowest BCUT2D eigenvalue weighted by atomic mass is 10.0. The largest absolute Gasteiger partial charge is 0.383 e. The van der Waals surface area contributed by atoms with E-state index >= 15 is 0 Å². The van der Waals surface area contributed by atoms with Crippen molar-refractivity contribution >= 4 is 0 Å². The number of aliphatic hydroxyl groups is 1. The number of aromatic amines is 2. The summed E-state index contributed by atoms with van der Waals surface area (Å²) in [5.74, 6) is 0. The first-order valence-electron chi connectivity index (χ1n) is 4.73. The Bertz CT molecular complexity index is 586. The molecule has 0 aliphatic heterocycles. The molecule has 5 nitrogen and oxygen atoms in total. The van der Waals surface area contributed by atoms with Gasteiger partial charge in [-0.05, 0) is 5.56 Å². The second kappa shape index (κ2) is 4.16. The van der Waals surface area contributed by atoms with E-state index in [1.807, 2.05) is 6.07 Å². The van der Waals surface area contributed by atoms with Crippen LogP contribution in [0.15, 0.2) is 46.1 Å². The first-order valence-corrected chi connectivity index (χ1v) is 4.73. The number of benzene rings is 1. The molecule has 82 valence electrons. The highest BCUT2D eigenvalue weighted by Crippen LogP contribution is 2.16. The molecule has 3 N–H and O–H groups in total. The molecule has 2 aromatic rings. The number of rotatable bonds is 2. The summed E-state index contributed by atoms with van der Waals surface area (Å²) in [5.41, 5.74) is -0.458. The molecule has 0 saturated carbocycles. The van der Waals surface area contributed by atoms with Gasteiger partial charge >= 0.3 is 5.69 Å². The average Bonchev–Trinajstić information content (AvgIpc) is 2.29. The summed E-state index contributed by atoms with van der Waals surface area (Å²) in [4.78, 5) is 26.6. The van der Waals surface area contributed by atoms with Crippen LogP contribution in [0.3, 0.4) is 0 Å². The summed E-state index contributed by atoms with van der Waals surface area (Å²) in [7, 11) is 0. The minimum absolute atomic E-state index is 0.116. The molecule has 1 unspecified atom stereocenters. The number of nitrogens with one attached hydrogen (secondary N) is 2. The second-order valence-electron chi connectivity index (χ2n) is 3.34. The Morgan fingerprint density at radius 2 is 1.81 bits per heavy atom. The molecule has 0 spiro atoms. The lowest BCUT2D eigenvalue weighted by Gasteiger charge is -2.09. The van der Waals surface area contributed by atoms with Gasteiger partial charge in [-0.25, -0.2) is 4.79 Å². The molecule has 1 aromatic heterocycles. The van der Waals surface area contributed by atoms with E-state index in [2.05, 4.69) is 9.97 Å². The van der Waals surface area contributed by atoms with Gasteiger partial charge in [-0.1, -0.05) is 30.3 Å². The zero-order chi connectivity index (χ0) is 11.5. The molecule has 0 bridgehead atoms. The van der Waals surface area contributed by atoms with Gasteiger partial charge in [0.2, 0.25) is 0 Å². The van der Waals surface area contributed by atoms with E-state index in [1.54, 1.807) is 24.3 Å². The maximum absolute atomic E-state index is 11.4. The van der Waals surface area contributed by atoms with Crippen molar-refractivity contribution in [1.82, 2.24) is 9.97 Å². The SMILES string of the molecule is O=c1[nH]cc(C(O)c2ccccc2)c(=O)[nH]1. The van der Waals surface area contributed by atoms with Crippen molar-refractivity contribution in [3.8, 4) is 0 Å². The highest BCUT2D eigenvalue weighted by atomic mass is 16.3. The van der Waals surface area contributed by atoms with Crippen molar-refractivity contribution in [1.29, 1.82) is 0 Å². The third kappa shape index (κ3) is 1.94. The molecule has 0 saturated heterocycles. The molecule has 16 heavy (non-hydrogen) atoms. The molecule has 0 radical (unpaired) electrons. The molecule has 0 amide bonds. The fourth-order valence-electron chi connectivity index (χ4n) is 1.44. The Kier molecular flexibility index (Phi) is 2.70. The fraction of sp³-hybridized carbons (Fsp3) is 0.0909. The minimum Gasteiger partial charge on any atom is -0.383 e. The van der Waals surface area contributed by atoms with Gasteiger partial charge in [-0.15, -0.1) is 0 Å². The third-order valence-electron chi connectivity index (χ3n) is 2.26. The van der Waals surface area contributed by atoms with Crippen molar-refractivity contribution in [2.75, 3.05) is 0 Å². The Morgan fingerprint density at radius 1 is 1.12 bits per heavy atom. The number of hydrogen-bond acceptors (Lipinski definition) is 3. The third-order valence-corrected chi connectivity index (χ3v) is 2.26. The van der Waals surface area contributed by atoms with Crippen LogP contribution in [0, 0.1) is 0 Å². The van der Waals surface area contributed by atoms with Gasteiger partial charge in [-0.3, -0.25) is 9.78 Å². The molecule has 0 fully saturated rings. The highest BCUT2D eigenvalue weighted by molar-refractivity contribution is 5.26. The second-order valence-corrected chi connectivity index (χ2v) is 3.34. The summed E-state index contributed by atoms with van der Waals surface area (Å²) in [6.07, 6.45) is 0.181. The molecular formula is C11H10N2O3. The van der Waals surface area contributed by atoms with Crippen LogP contribution >= 0.6 is 0 Å². The Balaban J connectivity index is 2.46. The normalized spacial score (nSPS) is 12.3. The maximum atomic E-state index is 11.4. The van der Waals surface area contributed by atoms with Crippen LogP contribution in [0.25, 0.3) is 0 Å². The lowest BCUT2D eigenvalue weighted by Crippen LogP contribution is -2.26. The number of H-pyrrole nitrogens is 2. The van der Waals surface area contributed by atoms with Gasteiger partial charge in [-0.2, -0.15) is 0 Å². The predicted molar refractivity (Wildman–Crippen MR) is 58.2 cm³/mol. The first-order chi connectivity index (χ1) is 7.68. The Morgan fingerprint density at radius 3 is 2.44 bits per heavy atom. The van der Waals surface area contributed by atoms with Gasteiger partial charge in [0, 0.05) is 6.20 Å². The number of aromatic nitrogens is 2. The molecule has 2 rings (SSSR count). The molecular weight excluding hydrogens is 208 g/mol. The zero-order valence-electron chi connectivity index (χ0n) is 8.31. The first kappa shape index (κ1) is 10.4. The lowest BCUT2D eigenvalue weighted by molar-refractivity contribution is 0.218. The van der Waals surface area contributed by atoms with Gasteiger partial charge in [0.15, 0.2) is 0 Å². The van der Waals surface area contributed by atoms with E-state index in [0.29, 0.717) is 5.56 Å². The number of hydrogen-bond donors (Lipinski definition) is 3. The summed E-state index contributed by atoms with van der Waals surface area (Å²) >= 11 is 0. The van der Waals surface area contributed by atoms with Gasteiger partial charge in [0.1, 0.15) is 6.10 Å².